The second-order valence-electron chi connectivity index (χ2n) is 4.91. The van der Waals surface area contributed by atoms with Gasteiger partial charge in [0.05, 0.1) is 5.41 Å². The molecule has 0 fully saturated rings. The normalized spacial score (nSPS) is 21.9. The molecule has 2 N–H and O–H groups in total. The molecular weight excluding hydrogens is 263 g/mol. The largest absolute Gasteiger partial charge is 0.481 e. The number of benzene rings is 1. The van der Waals surface area contributed by atoms with E-state index in [2.05, 4.69) is 0 Å². The number of hydrogen-bond donors (Lipinski definition) is 2. The van der Waals surface area contributed by atoms with Crippen molar-refractivity contribution >= 4 is 17.5 Å². The number of halogens is 1. The van der Waals surface area contributed by atoms with Gasteiger partial charge >= 0.3 is 11.9 Å². The number of allylic oxidation sites excluding steroid dienone is 2. The van der Waals surface area contributed by atoms with Gasteiger partial charge in [-0.15, -0.1) is 0 Å². The van der Waals surface area contributed by atoms with E-state index < -0.39 is 23.2 Å². The van der Waals surface area contributed by atoms with Crippen molar-refractivity contribution in [2.45, 2.75) is 13.3 Å². The average molecular weight is 276 g/mol. The van der Waals surface area contributed by atoms with E-state index in [0.29, 0.717) is 0 Å². The zero-order valence-corrected chi connectivity index (χ0v) is 10.8. The third-order valence-electron chi connectivity index (χ3n) is 3.40. The van der Waals surface area contributed by atoms with E-state index in [9.17, 15) is 19.1 Å². The van der Waals surface area contributed by atoms with E-state index in [4.69, 9.17) is 5.11 Å². The second-order valence-corrected chi connectivity index (χ2v) is 4.91. The highest BCUT2D eigenvalue weighted by atomic mass is 19.1. The molecule has 4 nitrogen and oxygen atoms in total. The van der Waals surface area contributed by atoms with Crippen molar-refractivity contribution in [1.82, 2.24) is 0 Å². The Morgan fingerprint density at radius 1 is 1.25 bits per heavy atom. The third kappa shape index (κ3) is 2.34. The molecule has 1 unspecified atom stereocenters. The molecule has 0 aliphatic heterocycles. The fraction of sp³-hybridized carbons (Fsp3) is 0.200. The van der Waals surface area contributed by atoms with Crippen LogP contribution in [0.3, 0.4) is 0 Å². The molecule has 104 valence electrons. The lowest BCUT2D eigenvalue weighted by molar-refractivity contribution is -0.145. The average Bonchev–Trinajstić information content (AvgIpc) is 2.39. The smallest absolute Gasteiger partial charge is 0.332 e. The van der Waals surface area contributed by atoms with Crippen LogP contribution in [-0.2, 0) is 9.59 Å². The first kappa shape index (κ1) is 14.0. The van der Waals surface area contributed by atoms with E-state index in [1.807, 2.05) is 0 Å². The van der Waals surface area contributed by atoms with Crippen molar-refractivity contribution in [2.75, 3.05) is 0 Å². The number of carbonyl (C=O) groups is 2. The van der Waals surface area contributed by atoms with Crippen LogP contribution >= 0.6 is 0 Å². The topological polar surface area (TPSA) is 74.6 Å². The van der Waals surface area contributed by atoms with Crippen molar-refractivity contribution in [1.29, 1.82) is 0 Å². The molecule has 0 aromatic heterocycles. The van der Waals surface area contributed by atoms with E-state index >= 15 is 0 Å². The Kier molecular flexibility index (Phi) is 3.44. The summed E-state index contributed by atoms with van der Waals surface area (Å²) in [6, 6.07) is 5.82. The van der Waals surface area contributed by atoms with Crippen LogP contribution in [-0.4, -0.2) is 22.2 Å². The Morgan fingerprint density at radius 2 is 1.90 bits per heavy atom. The van der Waals surface area contributed by atoms with Gasteiger partial charge in [-0.25, -0.2) is 9.18 Å². The van der Waals surface area contributed by atoms with Crippen molar-refractivity contribution < 1.29 is 24.2 Å². The van der Waals surface area contributed by atoms with Crippen LogP contribution in [0, 0.1) is 11.2 Å². The Labute approximate surface area is 114 Å². The molecule has 0 spiro atoms. The van der Waals surface area contributed by atoms with Gasteiger partial charge in [-0.3, -0.25) is 4.79 Å². The predicted molar refractivity (Wildman–Crippen MR) is 70.5 cm³/mol. The van der Waals surface area contributed by atoms with E-state index in [1.165, 1.54) is 37.3 Å². The summed E-state index contributed by atoms with van der Waals surface area (Å²) in [5.41, 5.74) is -1.01. The maximum absolute atomic E-state index is 13.8. The monoisotopic (exact) mass is 276 g/mol. The van der Waals surface area contributed by atoms with Gasteiger partial charge in [-0.2, -0.15) is 0 Å². The molecule has 1 aromatic rings. The van der Waals surface area contributed by atoms with Gasteiger partial charge in [0.2, 0.25) is 0 Å². The minimum atomic E-state index is -1.29. The predicted octanol–water partition coefficient (Wildman–Crippen LogP) is 2.71. The summed E-state index contributed by atoms with van der Waals surface area (Å²) in [6.45, 7) is 1.44. The lowest BCUT2D eigenvalue weighted by atomic mass is 9.76. The van der Waals surface area contributed by atoms with Gasteiger partial charge in [0.25, 0.3) is 0 Å². The second kappa shape index (κ2) is 4.92. The fourth-order valence-corrected chi connectivity index (χ4v) is 2.16. The number of rotatable bonds is 3. The highest BCUT2D eigenvalue weighted by Gasteiger charge is 2.37. The molecule has 1 aromatic carbocycles. The quantitative estimate of drug-likeness (QED) is 0.890. The zero-order valence-electron chi connectivity index (χ0n) is 10.8. The summed E-state index contributed by atoms with van der Waals surface area (Å²) in [5, 5.41) is 18.4. The highest BCUT2D eigenvalue weighted by molar-refractivity contribution is 6.01. The highest BCUT2D eigenvalue weighted by Crippen LogP contribution is 2.38. The molecule has 0 bridgehead atoms. The zero-order chi connectivity index (χ0) is 14.9. The SMILES string of the molecule is CC1(C(=O)O)C=CC(c2ccccc2F)=C(C(=O)O)C1. The number of carboxylic acid groups (broad SMARTS) is 2. The van der Waals surface area contributed by atoms with Gasteiger partial charge < -0.3 is 10.2 Å². The molecule has 0 heterocycles. The van der Waals surface area contributed by atoms with Crippen LogP contribution in [0.4, 0.5) is 4.39 Å². The third-order valence-corrected chi connectivity index (χ3v) is 3.40. The fourth-order valence-electron chi connectivity index (χ4n) is 2.16. The van der Waals surface area contributed by atoms with Crippen molar-refractivity contribution in [3.05, 3.63) is 53.4 Å². The van der Waals surface area contributed by atoms with Crippen LogP contribution in [0.5, 0.6) is 0 Å². The number of hydrogen-bond acceptors (Lipinski definition) is 2. The Hall–Kier alpha value is -2.43. The van der Waals surface area contributed by atoms with Crippen LogP contribution in [0.1, 0.15) is 18.9 Å². The molecule has 0 amide bonds. The van der Waals surface area contributed by atoms with Crippen molar-refractivity contribution in [2.24, 2.45) is 5.41 Å². The maximum atomic E-state index is 13.8. The standard InChI is InChI=1S/C15H13FO4/c1-15(14(19)20)7-6-9(11(8-15)13(17)18)10-4-2-3-5-12(10)16/h2-7H,8H2,1H3,(H,17,18)(H,19,20). The van der Waals surface area contributed by atoms with Gasteiger partial charge in [0.15, 0.2) is 0 Å². The molecule has 2 rings (SSSR count). The first-order chi connectivity index (χ1) is 9.35. The maximum Gasteiger partial charge on any atom is 0.332 e. The Balaban J connectivity index is 2.57. The van der Waals surface area contributed by atoms with Gasteiger partial charge in [-0.05, 0) is 25.0 Å². The van der Waals surface area contributed by atoms with Crippen molar-refractivity contribution in [3.8, 4) is 0 Å². The lowest BCUT2D eigenvalue weighted by Gasteiger charge is -2.26. The first-order valence-electron chi connectivity index (χ1n) is 5.99. The Morgan fingerprint density at radius 3 is 2.45 bits per heavy atom. The van der Waals surface area contributed by atoms with E-state index in [-0.39, 0.29) is 23.1 Å². The summed E-state index contributed by atoms with van der Waals surface area (Å²) in [4.78, 5) is 22.6. The van der Waals surface area contributed by atoms with Crippen LogP contribution in [0.2, 0.25) is 0 Å². The van der Waals surface area contributed by atoms with Gasteiger partial charge in [-0.1, -0.05) is 30.4 Å². The summed E-state index contributed by atoms with van der Waals surface area (Å²) in [5.74, 6) is -2.88. The van der Waals surface area contributed by atoms with Crippen LogP contribution < -0.4 is 0 Å². The first-order valence-corrected chi connectivity index (χ1v) is 5.99. The minimum Gasteiger partial charge on any atom is -0.481 e. The number of aliphatic carboxylic acids is 2. The van der Waals surface area contributed by atoms with E-state index in [1.54, 1.807) is 6.07 Å². The Bertz CT molecular complexity index is 645. The lowest BCUT2D eigenvalue weighted by Crippen LogP contribution is -2.29. The van der Waals surface area contributed by atoms with Gasteiger partial charge in [0, 0.05) is 11.1 Å². The van der Waals surface area contributed by atoms with Gasteiger partial charge in [0.1, 0.15) is 5.82 Å². The van der Waals surface area contributed by atoms with Crippen LogP contribution in [0.25, 0.3) is 5.57 Å². The van der Waals surface area contributed by atoms with E-state index in [0.717, 1.165) is 0 Å². The molecule has 0 radical (unpaired) electrons. The molecule has 0 saturated carbocycles. The van der Waals surface area contributed by atoms with Crippen molar-refractivity contribution in [3.63, 3.8) is 0 Å². The summed E-state index contributed by atoms with van der Waals surface area (Å²) in [6.07, 6.45) is 2.60. The molecule has 20 heavy (non-hydrogen) atoms. The molecule has 1 aliphatic rings. The molecule has 1 aliphatic carbocycles. The molecule has 1 atom stereocenters. The molecular formula is C15H13FO4. The summed E-state index contributed by atoms with van der Waals surface area (Å²) in [7, 11) is 0. The van der Waals surface area contributed by atoms with Crippen LogP contribution in [0.15, 0.2) is 42.0 Å². The number of carboxylic acids is 2. The molecule has 0 saturated heterocycles. The summed E-state index contributed by atoms with van der Waals surface area (Å²) >= 11 is 0. The minimum absolute atomic E-state index is 0.0949. The summed E-state index contributed by atoms with van der Waals surface area (Å²) < 4.78 is 13.8. The molecule has 5 heteroatoms.